The Morgan fingerprint density at radius 2 is 1.48 bits per heavy atom. The van der Waals surface area contributed by atoms with Crippen LogP contribution in [0.25, 0.3) is 0 Å². The summed E-state index contributed by atoms with van der Waals surface area (Å²) in [5, 5.41) is 0. The molecule has 31 heavy (non-hydrogen) atoms. The topological polar surface area (TPSA) is 86.3 Å². The molecule has 0 bridgehead atoms. The second-order valence-electron chi connectivity index (χ2n) is 7.12. The number of ether oxygens (including phenoxy) is 4. The molecule has 0 saturated heterocycles. The number of hydrogen-bond acceptors (Lipinski definition) is 7. The quantitative estimate of drug-likeness (QED) is 0.500. The minimum absolute atomic E-state index is 0.0211. The van der Waals surface area contributed by atoms with E-state index >= 15 is 0 Å². The zero-order valence-electron chi connectivity index (χ0n) is 18.8. The highest BCUT2D eigenvalue weighted by atomic mass is 32.2. The van der Waals surface area contributed by atoms with Gasteiger partial charge < -0.3 is 23.8 Å². The van der Waals surface area contributed by atoms with Crippen molar-refractivity contribution in [3.8, 4) is 23.0 Å². The van der Waals surface area contributed by atoms with Gasteiger partial charge in [0.1, 0.15) is 11.5 Å². The highest BCUT2D eigenvalue weighted by Crippen LogP contribution is 2.28. The summed E-state index contributed by atoms with van der Waals surface area (Å²) < 4.78 is 48.5. The van der Waals surface area contributed by atoms with Crippen molar-refractivity contribution in [3.63, 3.8) is 0 Å². The SMILES string of the molecule is COc1cc(NS(=O)(=O)CCCN(C)CCc2ccc(OC)c(OC)c2)cc(OC)c1. The highest BCUT2D eigenvalue weighted by molar-refractivity contribution is 7.92. The molecule has 0 unspecified atom stereocenters. The van der Waals surface area contributed by atoms with Gasteiger partial charge in [-0.25, -0.2) is 8.42 Å². The van der Waals surface area contributed by atoms with E-state index in [1.807, 2.05) is 25.2 Å². The molecule has 0 saturated carbocycles. The van der Waals surface area contributed by atoms with Gasteiger partial charge >= 0.3 is 0 Å². The summed E-state index contributed by atoms with van der Waals surface area (Å²) in [6, 6.07) is 10.8. The summed E-state index contributed by atoms with van der Waals surface area (Å²) in [6.45, 7) is 1.46. The van der Waals surface area contributed by atoms with Gasteiger partial charge in [-0.05, 0) is 44.1 Å². The molecule has 0 heterocycles. The minimum Gasteiger partial charge on any atom is -0.497 e. The maximum absolute atomic E-state index is 12.5. The minimum atomic E-state index is -3.48. The van der Waals surface area contributed by atoms with Gasteiger partial charge in [0.05, 0.1) is 39.9 Å². The molecule has 0 fully saturated rings. The summed E-state index contributed by atoms with van der Waals surface area (Å²) in [5.74, 6) is 2.46. The second-order valence-corrected chi connectivity index (χ2v) is 8.96. The zero-order valence-corrected chi connectivity index (χ0v) is 19.6. The third-order valence-electron chi connectivity index (χ3n) is 4.81. The molecule has 9 heteroatoms. The Balaban J connectivity index is 1.82. The van der Waals surface area contributed by atoms with Gasteiger partial charge in [-0.3, -0.25) is 4.72 Å². The Kier molecular flexibility index (Phi) is 9.26. The number of nitrogens with zero attached hydrogens (tertiary/aromatic N) is 1. The van der Waals surface area contributed by atoms with Crippen LogP contribution in [0.1, 0.15) is 12.0 Å². The van der Waals surface area contributed by atoms with E-state index in [1.54, 1.807) is 32.4 Å². The van der Waals surface area contributed by atoms with E-state index in [0.717, 1.165) is 18.5 Å². The Hall–Kier alpha value is -2.65. The van der Waals surface area contributed by atoms with E-state index in [0.29, 0.717) is 41.7 Å². The molecule has 1 N–H and O–H groups in total. The fraction of sp³-hybridized carbons (Fsp3) is 0.455. The predicted octanol–water partition coefficient (Wildman–Crippen LogP) is 3.03. The molecule has 172 valence electrons. The van der Waals surface area contributed by atoms with Crippen LogP contribution in [0, 0.1) is 0 Å². The second kappa shape index (κ2) is 11.7. The average Bonchev–Trinajstić information content (AvgIpc) is 2.76. The molecule has 2 rings (SSSR count). The van der Waals surface area contributed by atoms with Crippen LogP contribution in [0.3, 0.4) is 0 Å². The lowest BCUT2D eigenvalue weighted by Crippen LogP contribution is -2.25. The van der Waals surface area contributed by atoms with Crippen LogP contribution < -0.4 is 23.7 Å². The van der Waals surface area contributed by atoms with E-state index in [1.165, 1.54) is 14.2 Å². The normalized spacial score (nSPS) is 11.3. The number of likely N-dealkylation sites (N-methyl/N-ethyl adjacent to an activating group) is 1. The highest BCUT2D eigenvalue weighted by Gasteiger charge is 2.13. The van der Waals surface area contributed by atoms with E-state index in [2.05, 4.69) is 9.62 Å². The molecule has 2 aromatic rings. The molecule has 0 radical (unpaired) electrons. The van der Waals surface area contributed by atoms with Crippen molar-refractivity contribution in [2.24, 2.45) is 0 Å². The Labute approximate surface area is 185 Å². The summed E-state index contributed by atoms with van der Waals surface area (Å²) in [5.41, 5.74) is 1.55. The summed E-state index contributed by atoms with van der Waals surface area (Å²) >= 11 is 0. The van der Waals surface area contributed by atoms with Gasteiger partial charge in [0.2, 0.25) is 10.0 Å². The van der Waals surface area contributed by atoms with E-state index in [4.69, 9.17) is 18.9 Å². The lowest BCUT2D eigenvalue weighted by molar-refractivity contribution is 0.337. The first-order valence-corrected chi connectivity index (χ1v) is 11.6. The largest absolute Gasteiger partial charge is 0.497 e. The van der Waals surface area contributed by atoms with Crippen molar-refractivity contribution >= 4 is 15.7 Å². The third-order valence-corrected chi connectivity index (χ3v) is 6.18. The van der Waals surface area contributed by atoms with E-state index < -0.39 is 10.0 Å². The molecule has 0 aliphatic rings. The third kappa shape index (κ3) is 7.84. The number of methoxy groups -OCH3 is 4. The first-order chi connectivity index (χ1) is 14.8. The first kappa shape index (κ1) is 24.6. The lowest BCUT2D eigenvalue weighted by atomic mass is 10.1. The van der Waals surface area contributed by atoms with Crippen LogP contribution in [0.4, 0.5) is 5.69 Å². The summed E-state index contributed by atoms with van der Waals surface area (Å²) in [7, 11) is 4.76. The molecule has 0 aliphatic heterocycles. The van der Waals surface area contributed by atoms with Gasteiger partial charge in [-0.2, -0.15) is 0 Å². The maximum atomic E-state index is 12.5. The van der Waals surface area contributed by atoms with Crippen molar-refractivity contribution in [2.45, 2.75) is 12.8 Å². The predicted molar refractivity (Wildman–Crippen MR) is 122 cm³/mol. The fourth-order valence-electron chi connectivity index (χ4n) is 3.09. The number of benzene rings is 2. The molecule has 0 amide bonds. The molecule has 8 nitrogen and oxygen atoms in total. The lowest BCUT2D eigenvalue weighted by Gasteiger charge is -2.17. The number of anilines is 1. The monoisotopic (exact) mass is 452 g/mol. The average molecular weight is 453 g/mol. The molecule has 0 aromatic heterocycles. The standard InChI is InChI=1S/C22H32N2O6S/c1-24(11-9-17-7-8-21(29-4)22(13-17)30-5)10-6-12-31(25,26)23-18-14-19(27-2)16-20(15-18)28-3/h7-8,13-16,23H,6,9-12H2,1-5H3. The van der Waals surface area contributed by atoms with Gasteiger partial charge in [0.25, 0.3) is 0 Å². The van der Waals surface area contributed by atoms with Crippen molar-refractivity contribution in [3.05, 3.63) is 42.0 Å². The molecule has 2 aromatic carbocycles. The molecular formula is C22H32N2O6S. The van der Waals surface area contributed by atoms with Gasteiger partial charge in [0, 0.05) is 24.7 Å². The van der Waals surface area contributed by atoms with Crippen LogP contribution in [-0.2, 0) is 16.4 Å². The van der Waals surface area contributed by atoms with E-state index in [9.17, 15) is 8.42 Å². The van der Waals surface area contributed by atoms with Crippen molar-refractivity contribution in [1.29, 1.82) is 0 Å². The van der Waals surface area contributed by atoms with Gasteiger partial charge in [0.15, 0.2) is 11.5 Å². The van der Waals surface area contributed by atoms with Crippen LogP contribution in [0.5, 0.6) is 23.0 Å². The smallest absolute Gasteiger partial charge is 0.232 e. The number of sulfonamides is 1. The molecule has 0 spiro atoms. The van der Waals surface area contributed by atoms with Crippen molar-refractivity contribution in [2.75, 3.05) is 59.1 Å². The first-order valence-electron chi connectivity index (χ1n) is 9.93. The van der Waals surface area contributed by atoms with E-state index in [-0.39, 0.29) is 5.75 Å². The molecular weight excluding hydrogens is 420 g/mol. The Morgan fingerprint density at radius 1 is 0.839 bits per heavy atom. The Bertz CT molecular complexity index is 927. The van der Waals surface area contributed by atoms with Gasteiger partial charge in [-0.1, -0.05) is 6.07 Å². The van der Waals surface area contributed by atoms with Crippen LogP contribution in [0.2, 0.25) is 0 Å². The van der Waals surface area contributed by atoms with Crippen molar-refractivity contribution < 1.29 is 27.4 Å². The van der Waals surface area contributed by atoms with Crippen LogP contribution in [0.15, 0.2) is 36.4 Å². The van der Waals surface area contributed by atoms with Crippen molar-refractivity contribution in [1.82, 2.24) is 4.90 Å². The van der Waals surface area contributed by atoms with Gasteiger partial charge in [-0.15, -0.1) is 0 Å². The van der Waals surface area contributed by atoms with Crippen LogP contribution in [-0.4, -0.2) is 67.6 Å². The number of hydrogen-bond donors (Lipinski definition) is 1. The van der Waals surface area contributed by atoms with Crippen LogP contribution >= 0.6 is 0 Å². The molecule has 0 aliphatic carbocycles. The zero-order chi connectivity index (χ0) is 22.9. The summed E-state index contributed by atoms with van der Waals surface area (Å²) in [4.78, 5) is 2.11. The number of rotatable bonds is 13. The maximum Gasteiger partial charge on any atom is 0.232 e. The summed E-state index contributed by atoms with van der Waals surface area (Å²) in [6.07, 6.45) is 1.34. The molecule has 0 atom stereocenters. The number of nitrogens with one attached hydrogen (secondary N) is 1. The fourth-order valence-corrected chi connectivity index (χ4v) is 4.18. The Morgan fingerprint density at radius 3 is 2.06 bits per heavy atom.